The van der Waals surface area contributed by atoms with Crippen molar-refractivity contribution >= 4 is 22.1 Å². The molecule has 0 heterocycles. The van der Waals surface area contributed by atoms with Crippen LogP contribution in [0, 0.1) is 5.92 Å². The predicted octanol–water partition coefficient (Wildman–Crippen LogP) is 0.0742. The third kappa shape index (κ3) is 15.0. The van der Waals surface area contributed by atoms with Crippen molar-refractivity contribution in [2.75, 3.05) is 28.3 Å². The summed E-state index contributed by atoms with van der Waals surface area (Å²) in [4.78, 5) is 9.59. The fraction of sp³-hybridized carbons (Fsp3) is 0.500. The zero-order chi connectivity index (χ0) is 18.8. The summed E-state index contributed by atoms with van der Waals surface area (Å²) in [5.41, 5.74) is 1.10. The summed E-state index contributed by atoms with van der Waals surface area (Å²) in [7, 11) is 2.59. The van der Waals surface area contributed by atoms with Gasteiger partial charge in [-0.25, -0.2) is 8.42 Å². The Morgan fingerprint density at radius 3 is 1.83 bits per heavy atom. The van der Waals surface area contributed by atoms with Crippen LogP contribution >= 0.6 is 0 Å². The van der Waals surface area contributed by atoms with E-state index in [4.69, 9.17) is 5.11 Å². The summed E-state index contributed by atoms with van der Waals surface area (Å²) in [5.74, 6) is -1.00. The van der Waals surface area contributed by atoms with Crippen LogP contribution in [0.3, 0.4) is 0 Å². The van der Waals surface area contributed by atoms with Crippen LogP contribution in [-0.2, 0) is 19.4 Å². The fourth-order valence-corrected chi connectivity index (χ4v) is 0.910. The van der Waals surface area contributed by atoms with E-state index < -0.39 is 16.4 Å². The first-order valence-corrected chi connectivity index (χ1v) is 7.87. The van der Waals surface area contributed by atoms with Crippen molar-refractivity contribution in [3.8, 4) is 5.75 Å². The normalized spacial score (nSPS) is 11.0. The number of hydrogen-bond acceptors (Lipinski definition) is 7. The minimum Gasteiger partial charge on any atom is -0.726 e. The Hall–Kier alpha value is -1.68. The highest BCUT2D eigenvalue weighted by Crippen LogP contribution is 2.21. The van der Waals surface area contributed by atoms with E-state index in [9.17, 15) is 22.9 Å². The molecule has 1 aromatic rings. The van der Waals surface area contributed by atoms with Gasteiger partial charge < -0.3 is 19.6 Å². The first-order valence-electron chi connectivity index (χ1n) is 6.54. The molecule has 0 aliphatic carbocycles. The molecule has 0 spiro atoms. The lowest BCUT2D eigenvalue weighted by Crippen LogP contribution is -2.34. The van der Waals surface area contributed by atoms with Crippen LogP contribution < -0.4 is 9.59 Å². The van der Waals surface area contributed by atoms with Gasteiger partial charge in [0.25, 0.3) is 0 Å². The second-order valence-corrected chi connectivity index (χ2v) is 6.73. The SMILES string of the molecule is CC(C)C(=O)[O-].COS(=O)(=O)[O-].C[N+](C)(C)c1cccc(O)c1. The second kappa shape index (κ2) is 10.2. The number of aliphatic carboxylic acids is 1. The molecule has 8 nitrogen and oxygen atoms in total. The predicted molar refractivity (Wildman–Crippen MR) is 84.2 cm³/mol. The van der Waals surface area contributed by atoms with Gasteiger partial charge >= 0.3 is 0 Å². The summed E-state index contributed by atoms with van der Waals surface area (Å²) in [5, 5.41) is 18.8. The lowest BCUT2D eigenvalue weighted by Gasteiger charge is -2.23. The number of carboxylic acids is 1. The maximum atomic E-state index is 9.59. The monoisotopic (exact) mass is 350 g/mol. The van der Waals surface area contributed by atoms with E-state index in [0.29, 0.717) is 5.75 Å². The van der Waals surface area contributed by atoms with Crippen LogP contribution in [0.15, 0.2) is 24.3 Å². The number of quaternary nitrogens is 1. The third-order valence-electron chi connectivity index (χ3n) is 2.28. The van der Waals surface area contributed by atoms with Crippen LogP contribution in [0.25, 0.3) is 0 Å². The quantitative estimate of drug-likeness (QED) is 0.464. The maximum absolute atomic E-state index is 9.59. The van der Waals surface area contributed by atoms with E-state index in [0.717, 1.165) is 17.3 Å². The van der Waals surface area contributed by atoms with E-state index in [1.807, 2.05) is 12.1 Å². The molecule has 0 radical (unpaired) electrons. The summed E-state index contributed by atoms with van der Waals surface area (Å²) in [6.45, 7) is 3.16. The smallest absolute Gasteiger partial charge is 0.217 e. The molecule has 0 aromatic heterocycles. The Bertz CT molecular complexity index is 577. The summed E-state index contributed by atoms with van der Waals surface area (Å²) < 4.78 is 31.8. The van der Waals surface area contributed by atoms with Gasteiger partial charge in [-0.2, -0.15) is 0 Å². The van der Waals surface area contributed by atoms with E-state index >= 15 is 0 Å². The van der Waals surface area contributed by atoms with E-state index in [-0.39, 0.29) is 5.92 Å². The number of carbonyl (C=O) groups is 1. The van der Waals surface area contributed by atoms with E-state index in [2.05, 4.69) is 25.3 Å². The molecule has 1 N–H and O–H groups in total. The van der Waals surface area contributed by atoms with Gasteiger partial charge in [0.15, 0.2) is 0 Å². The molecule has 23 heavy (non-hydrogen) atoms. The fourth-order valence-electron chi connectivity index (χ4n) is 0.910. The van der Waals surface area contributed by atoms with Gasteiger partial charge in [-0.1, -0.05) is 19.9 Å². The lowest BCUT2D eigenvalue weighted by molar-refractivity contribution is -0.310. The number of carbonyl (C=O) groups excluding carboxylic acids is 1. The van der Waals surface area contributed by atoms with Gasteiger partial charge in [0, 0.05) is 12.0 Å². The Kier molecular flexibility index (Phi) is 10.4. The van der Waals surface area contributed by atoms with Crippen LogP contribution in [0.1, 0.15) is 13.8 Å². The highest BCUT2D eigenvalue weighted by Gasteiger charge is 2.11. The number of aromatic hydroxyl groups is 1. The van der Waals surface area contributed by atoms with Crippen molar-refractivity contribution in [1.29, 1.82) is 0 Å². The van der Waals surface area contributed by atoms with Crippen LogP contribution in [0.2, 0.25) is 0 Å². The topological polar surface area (TPSA) is 127 Å². The molecule has 9 heteroatoms. The van der Waals surface area contributed by atoms with Crippen LogP contribution in [0.5, 0.6) is 5.75 Å². The molecule has 0 amide bonds. The zero-order valence-corrected chi connectivity index (χ0v) is 15.0. The summed E-state index contributed by atoms with van der Waals surface area (Å²) in [6.07, 6.45) is 0. The molecule has 1 aromatic carbocycles. The molecular weight excluding hydrogens is 326 g/mol. The molecule has 0 atom stereocenters. The average Bonchev–Trinajstić information content (AvgIpc) is 2.38. The largest absolute Gasteiger partial charge is 0.726 e. The molecule has 0 saturated carbocycles. The number of phenols is 1. The van der Waals surface area contributed by atoms with Gasteiger partial charge in [-0.15, -0.1) is 0 Å². The molecule has 0 bridgehead atoms. The minimum absolute atomic E-state index is 0.329. The Morgan fingerprint density at radius 1 is 1.26 bits per heavy atom. The van der Waals surface area contributed by atoms with Gasteiger partial charge in [0.1, 0.15) is 11.4 Å². The first-order chi connectivity index (χ1) is 10.2. The Morgan fingerprint density at radius 2 is 1.65 bits per heavy atom. The van der Waals surface area contributed by atoms with Crippen molar-refractivity contribution in [2.24, 2.45) is 5.92 Å². The summed E-state index contributed by atoms with van der Waals surface area (Å²) in [6, 6.07) is 7.31. The molecule has 0 aliphatic rings. The molecule has 0 aliphatic heterocycles. The number of phenolic OH excluding ortho intramolecular Hbond substituents is 1. The number of carboxylic acid groups (broad SMARTS) is 1. The first kappa shape index (κ1) is 23.6. The molecule has 134 valence electrons. The van der Waals surface area contributed by atoms with Gasteiger partial charge in [-0.05, 0) is 18.1 Å². The van der Waals surface area contributed by atoms with E-state index in [1.165, 1.54) is 0 Å². The van der Waals surface area contributed by atoms with Crippen LogP contribution in [-0.4, -0.2) is 52.3 Å². The number of rotatable bonds is 3. The van der Waals surface area contributed by atoms with Crippen molar-refractivity contribution in [2.45, 2.75) is 13.8 Å². The van der Waals surface area contributed by atoms with Crippen molar-refractivity contribution in [3.05, 3.63) is 24.3 Å². The molecule has 0 saturated heterocycles. The van der Waals surface area contributed by atoms with Crippen LogP contribution in [0.4, 0.5) is 5.69 Å². The highest BCUT2D eigenvalue weighted by atomic mass is 32.3. The average molecular weight is 350 g/mol. The maximum Gasteiger partial charge on any atom is 0.217 e. The third-order valence-corrected chi connectivity index (χ3v) is 2.69. The number of nitrogens with zero attached hydrogens (tertiary/aromatic N) is 1. The molecule has 1 rings (SSSR count). The number of hydrogen-bond donors (Lipinski definition) is 1. The standard InChI is InChI=1S/C9H13NO.C4H8O2.CH4O4S/c1-10(2,3)8-5-4-6-9(11)7-8;1-3(2)4(5)6;1-5-6(2,3)4/h4-7H,1-3H3;3H,1-2H3,(H,5,6);1H3,(H,2,3,4)/p-1. The second-order valence-electron chi connectivity index (χ2n) is 5.58. The van der Waals surface area contributed by atoms with Gasteiger partial charge in [0.2, 0.25) is 10.4 Å². The highest BCUT2D eigenvalue weighted by molar-refractivity contribution is 7.80. The van der Waals surface area contributed by atoms with Crippen molar-refractivity contribution < 1.29 is 32.2 Å². The van der Waals surface area contributed by atoms with E-state index in [1.54, 1.807) is 26.0 Å². The minimum atomic E-state index is -4.41. The Labute approximate surface area is 137 Å². The van der Waals surface area contributed by atoms with Crippen molar-refractivity contribution in [3.63, 3.8) is 0 Å². The lowest BCUT2D eigenvalue weighted by atomic mass is 10.2. The van der Waals surface area contributed by atoms with Crippen molar-refractivity contribution in [1.82, 2.24) is 4.48 Å². The Balaban J connectivity index is 0. The molecule has 0 fully saturated rings. The number of benzene rings is 1. The zero-order valence-electron chi connectivity index (χ0n) is 14.1. The molecular formula is C14H24NO7S-. The summed E-state index contributed by atoms with van der Waals surface area (Å²) >= 11 is 0. The van der Waals surface area contributed by atoms with Gasteiger partial charge in [0.05, 0.1) is 28.3 Å². The molecule has 0 unspecified atom stereocenters. The van der Waals surface area contributed by atoms with Gasteiger partial charge in [-0.3, -0.25) is 8.67 Å².